The number of nitrogens with one attached hydrogen (secondary N) is 1. The highest BCUT2D eigenvalue weighted by Gasteiger charge is 2.25. The number of nitrogens with two attached hydrogens (primary N) is 1. The van der Waals surface area contributed by atoms with Crippen molar-refractivity contribution in [3.8, 4) is 0 Å². The molecule has 0 rings (SSSR count). The molecule has 1 amide bonds. The molecule has 0 aliphatic heterocycles. The van der Waals surface area contributed by atoms with Gasteiger partial charge in [-0.25, -0.2) is 0 Å². The van der Waals surface area contributed by atoms with Gasteiger partial charge in [0.05, 0.1) is 6.04 Å². The third kappa shape index (κ3) is 3.22. The monoisotopic (exact) mass is 172 g/mol. The van der Waals surface area contributed by atoms with Gasteiger partial charge in [-0.1, -0.05) is 13.8 Å². The average molecular weight is 172 g/mol. The molecule has 0 saturated heterocycles. The molecular formula is C9H20N2O. The van der Waals surface area contributed by atoms with Crippen LogP contribution >= 0.6 is 0 Å². The molecular weight excluding hydrogens is 152 g/mol. The Bertz CT molecular complexity index is 162. The molecule has 12 heavy (non-hydrogen) atoms. The fourth-order valence-corrected chi connectivity index (χ4v) is 0.576. The molecule has 3 heteroatoms. The minimum Gasteiger partial charge on any atom is -0.350 e. The summed E-state index contributed by atoms with van der Waals surface area (Å²) in [6.45, 7) is 9.82. The van der Waals surface area contributed by atoms with Gasteiger partial charge in [-0.15, -0.1) is 0 Å². The van der Waals surface area contributed by atoms with Crippen molar-refractivity contribution >= 4 is 5.91 Å². The molecule has 0 aromatic rings. The zero-order valence-electron chi connectivity index (χ0n) is 8.64. The van der Waals surface area contributed by atoms with Gasteiger partial charge in [-0.3, -0.25) is 4.79 Å². The minimum absolute atomic E-state index is 0.0892. The van der Waals surface area contributed by atoms with E-state index in [2.05, 4.69) is 19.2 Å². The van der Waals surface area contributed by atoms with Gasteiger partial charge in [0.15, 0.2) is 0 Å². The lowest BCUT2D eigenvalue weighted by Gasteiger charge is -2.31. The lowest BCUT2D eigenvalue weighted by atomic mass is 9.90. The molecule has 0 spiro atoms. The second-order valence-electron chi connectivity index (χ2n) is 4.15. The summed E-state index contributed by atoms with van der Waals surface area (Å²) in [6.07, 6.45) is 0. The van der Waals surface area contributed by atoms with Crippen molar-refractivity contribution in [2.24, 2.45) is 11.7 Å². The summed E-state index contributed by atoms with van der Waals surface area (Å²) in [5.74, 6) is 0.314. The van der Waals surface area contributed by atoms with Crippen LogP contribution in [0.15, 0.2) is 0 Å². The van der Waals surface area contributed by atoms with Crippen LogP contribution in [-0.2, 0) is 4.79 Å². The van der Waals surface area contributed by atoms with Crippen LogP contribution in [0.5, 0.6) is 0 Å². The predicted molar refractivity (Wildman–Crippen MR) is 50.7 cm³/mol. The Kier molecular flexibility index (Phi) is 3.71. The van der Waals surface area contributed by atoms with Crippen molar-refractivity contribution < 1.29 is 4.79 Å². The van der Waals surface area contributed by atoms with E-state index in [4.69, 9.17) is 5.73 Å². The molecule has 0 unspecified atom stereocenters. The highest BCUT2D eigenvalue weighted by Crippen LogP contribution is 2.14. The summed E-state index contributed by atoms with van der Waals surface area (Å²) in [4.78, 5) is 11.2. The molecule has 0 heterocycles. The van der Waals surface area contributed by atoms with Crippen LogP contribution in [0.2, 0.25) is 0 Å². The van der Waals surface area contributed by atoms with E-state index in [-0.39, 0.29) is 11.4 Å². The maximum atomic E-state index is 11.2. The summed E-state index contributed by atoms with van der Waals surface area (Å²) in [5, 5.41) is 2.89. The zero-order chi connectivity index (χ0) is 9.94. The third-order valence-corrected chi connectivity index (χ3v) is 2.30. The van der Waals surface area contributed by atoms with Crippen LogP contribution in [0.25, 0.3) is 0 Å². The molecule has 0 aromatic carbocycles. The maximum absolute atomic E-state index is 11.2. The predicted octanol–water partition coefficient (Wildman–Crippen LogP) is 0.884. The van der Waals surface area contributed by atoms with Gasteiger partial charge in [0.2, 0.25) is 5.91 Å². The SMILES string of the molecule is CC(C)C(C)(C)NC(=O)[C@@H](C)N. The van der Waals surface area contributed by atoms with Gasteiger partial charge >= 0.3 is 0 Å². The Balaban J connectivity index is 4.15. The summed E-state index contributed by atoms with van der Waals surface area (Å²) >= 11 is 0. The Morgan fingerprint density at radius 3 is 2.00 bits per heavy atom. The van der Waals surface area contributed by atoms with Gasteiger partial charge in [-0.05, 0) is 26.7 Å². The van der Waals surface area contributed by atoms with Crippen LogP contribution in [0.4, 0.5) is 0 Å². The molecule has 0 saturated carbocycles. The molecule has 3 N–H and O–H groups in total. The van der Waals surface area contributed by atoms with Gasteiger partial charge in [0, 0.05) is 5.54 Å². The number of hydrogen-bond acceptors (Lipinski definition) is 2. The number of carbonyl (C=O) groups excluding carboxylic acids is 1. The lowest BCUT2D eigenvalue weighted by Crippen LogP contribution is -2.52. The topological polar surface area (TPSA) is 55.1 Å². The van der Waals surface area contributed by atoms with E-state index in [1.165, 1.54) is 0 Å². The van der Waals surface area contributed by atoms with Crippen molar-refractivity contribution in [2.45, 2.75) is 46.2 Å². The Morgan fingerprint density at radius 2 is 1.75 bits per heavy atom. The molecule has 1 atom stereocenters. The van der Waals surface area contributed by atoms with E-state index in [1.807, 2.05) is 13.8 Å². The molecule has 0 aliphatic rings. The van der Waals surface area contributed by atoms with E-state index in [0.717, 1.165) is 0 Å². The standard InChI is InChI=1S/C9H20N2O/c1-6(2)9(4,5)11-8(12)7(3)10/h6-7H,10H2,1-5H3,(H,11,12)/t7-/m1/s1. The maximum Gasteiger partial charge on any atom is 0.237 e. The summed E-state index contributed by atoms with van der Waals surface area (Å²) in [5.41, 5.74) is 5.26. The fraction of sp³-hybridized carbons (Fsp3) is 0.889. The molecule has 0 fully saturated rings. The minimum atomic E-state index is -0.428. The van der Waals surface area contributed by atoms with Crippen LogP contribution in [0, 0.1) is 5.92 Å². The van der Waals surface area contributed by atoms with Gasteiger partial charge in [0.1, 0.15) is 0 Å². The van der Waals surface area contributed by atoms with E-state index in [1.54, 1.807) is 6.92 Å². The number of hydrogen-bond donors (Lipinski definition) is 2. The average Bonchev–Trinajstić information content (AvgIpc) is 1.85. The highest BCUT2D eigenvalue weighted by molar-refractivity contribution is 5.81. The zero-order valence-corrected chi connectivity index (χ0v) is 8.64. The van der Waals surface area contributed by atoms with Crippen LogP contribution in [-0.4, -0.2) is 17.5 Å². The van der Waals surface area contributed by atoms with Crippen LogP contribution in [0.1, 0.15) is 34.6 Å². The Morgan fingerprint density at radius 1 is 1.33 bits per heavy atom. The van der Waals surface area contributed by atoms with Gasteiger partial charge in [0.25, 0.3) is 0 Å². The molecule has 0 aromatic heterocycles. The quantitative estimate of drug-likeness (QED) is 0.664. The first-order valence-electron chi connectivity index (χ1n) is 4.35. The second-order valence-corrected chi connectivity index (χ2v) is 4.15. The van der Waals surface area contributed by atoms with Crippen molar-refractivity contribution in [1.29, 1.82) is 0 Å². The van der Waals surface area contributed by atoms with E-state index in [0.29, 0.717) is 5.92 Å². The third-order valence-electron chi connectivity index (χ3n) is 2.30. The molecule has 72 valence electrons. The number of rotatable bonds is 3. The van der Waals surface area contributed by atoms with Gasteiger partial charge in [-0.2, -0.15) is 0 Å². The first kappa shape index (κ1) is 11.4. The van der Waals surface area contributed by atoms with Crippen LogP contribution < -0.4 is 11.1 Å². The lowest BCUT2D eigenvalue weighted by molar-refractivity contribution is -0.124. The number of carbonyl (C=O) groups is 1. The molecule has 3 nitrogen and oxygen atoms in total. The summed E-state index contributed by atoms with van der Waals surface area (Å²) in [7, 11) is 0. The Hall–Kier alpha value is -0.570. The number of amides is 1. The normalized spacial score (nSPS) is 14.6. The van der Waals surface area contributed by atoms with E-state index in [9.17, 15) is 4.79 Å². The second kappa shape index (κ2) is 3.90. The fourth-order valence-electron chi connectivity index (χ4n) is 0.576. The largest absolute Gasteiger partial charge is 0.350 e. The summed E-state index contributed by atoms with van der Waals surface area (Å²) < 4.78 is 0. The Labute approximate surface area is 74.7 Å². The van der Waals surface area contributed by atoms with Crippen molar-refractivity contribution in [2.75, 3.05) is 0 Å². The first-order chi connectivity index (χ1) is 5.27. The highest BCUT2D eigenvalue weighted by atomic mass is 16.2. The van der Waals surface area contributed by atoms with E-state index >= 15 is 0 Å². The molecule has 0 aliphatic carbocycles. The van der Waals surface area contributed by atoms with E-state index < -0.39 is 6.04 Å². The summed E-state index contributed by atoms with van der Waals surface area (Å²) in [6, 6.07) is -0.428. The van der Waals surface area contributed by atoms with Crippen LogP contribution in [0.3, 0.4) is 0 Å². The van der Waals surface area contributed by atoms with Crippen molar-refractivity contribution in [3.05, 3.63) is 0 Å². The van der Waals surface area contributed by atoms with Gasteiger partial charge < -0.3 is 11.1 Å². The van der Waals surface area contributed by atoms with Crippen molar-refractivity contribution in [1.82, 2.24) is 5.32 Å². The first-order valence-corrected chi connectivity index (χ1v) is 4.35. The molecule has 0 bridgehead atoms. The smallest absolute Gasteiger partial charge is 0.237 e. The molecule has 0 radical (unpaired) electrons. The van der Waals surface area contributed by atoms with Crippen molar-refractivity contribution in [3.63, 3.8) is 0 Å².